The summed E-state index contributed by atoms with van der Waals surface area (Å²) >= 11 is 0. The molecule has 2 aliphatic rings. The molecule has 2 aromatic rings. The van der Waals surface area contributed by atoms with Crippen molar-refractivity contribution in [3.63, 3.8) is 0 Å². The van der Waals surface area contributed by atoms with Crippen LogP contribution in [0.1, 0.15) is 79.7 Å². The number of cyclic esters (lactones) is 1. The summed E-state index contributed by atoms with van der Waals surface area (Å²) in [5.74, 6) is -5.17. The fraction of sp³-hybridized carbons (Fsp3) is 0.556. The van der Waals surface area contributed by atoms with E-state index in [1.807, 2.05) is 37.3 Å². The van der Waals surface area contributed by atoms with Gasteiger partial charge in [0.2, 0.25) is 0 Å². The Morgan fingerprint density at radius 1 is 1.02 bits per heavy atom. The number of rotatable bonds is 5. The number of Topliss-reactive ketones (excluding diaryl/α,β-unsaturated/α-hetero) is 2. The zero-order valence-electron chi connectivity index (χ0n) is 27.8. The van der Waals surface area contributed by atoms with Crippen molar-refractivity contribution < 1.29 is 38.2 Å². The first-order chi connectivity index (χ1) is 21.7. The van der Waals surface area contributed by atoms with Gasteiger partial charge in [0.1, 0.15) is 34.8 Å². The molecule has 1 N–H and O–H groups in total. The molecule has 1 aromatic carbocycles. The maximum atomic E-state index is 13.9. The number of aromatic nitrogens is 1. The molecule has 2 saturated heterocycles. The summed E-state index contributed by atoms with van der Waals surface area (Å²) < 4.78 is 17.5. The number of ketones is 2. The fourth-order valence-electron chi connectivity index (χ4n) is 7.28. The van der Waals surface area contributed by atoms with Gasteiger partial charge < -0.3 is 19.5 Å². The van der Waals surface area contributed by atoms with E-state index in [1.54, 1.807) is 53.1 Å². The molecule has 248 valence electrons. The first-order valence-electron chi connectivity index (χ1n) is 16.1. The molecule has 0 radical (unpaired) electrons. The molecular formula is C36H46N2O8. The Kier molecular flexibility index (Phi) is 10.7. The Morgan fingerprint density at radius 3 is 2.39 bits per heavy atom. The third-order valence-corrected chi connectivity index (χ3v) is 9.70. The van der Waals surface area contributed by atoms with Crippen molar-refractivity contribution >= 4 is 46.4 Å². The average molecular weight is 635 g/mol. The number of nitrogens with one attached hydrogen (secondary N) is 1. The molecule has 10 nitrogen and oxygen atoms in total. The minimum atomic E-state index is -1.23. The normalized spacial score (nSPS) is 32.8. The predicted molar refractivity (Wildman–Crippen MR) is 172 cm³/mol. The number of fused-ring (bicyclic) bond motifs is 2. The van der Waals surface area contributed by atoms with E-state index in [2.05, 4.69) is 10.3 Å². The predicted octanol–water partition coefficient (Wildman–Crippen LogP) is 5.85. The Hall–Kier alpha value is -4.08. The SMILES string of the molecule is CC[C@H]1OC(=O)C(C)C(=O)[C@H](C)C[C@](C)(OC(=O)NC/C=C/c2cncc3ccccc23)C[C@@H](C)C(=O)C(C)C2CC(=O)O[C@@]21C. The summed E-state index contributed by atoms with van der Waals surface area (Å²) in [5, 5.41) is 4.78. The maximum absolute atomic E-state index is 13.9. The number of nitrogens with zero attached hydrogens (tertiary/aromatic N) is 1. The van der Waals surface area contributed by atoms with E-state index < -0.39 is 64.9 Å². The van der Waals surface area contributed by atoms with Gasteiger partial charge in [-0.25, -0.2) is 4.79 Å². The summed E-state index contributed by atoms with van der Waals surface area (Å²) in [5.41, 5.74) is -1.55. The van der Waals surface area contributed by atoms with Gasteiger partial charge >= 0.3 is 18.0 Å². The molecular weight excluding hydrogens is 588 g/mol. The van der Waals surface area contributed by atoms with Crippen molar-refractivity contribution in [3.05, 3.63) is 48.3 Å². The minimum Gasteiger partial charge on any atom is -0.458 e. The Balaban J connectivity index is 1.54. The number of pyridine rings is 1. The van der Waals surface area contributed by atoms with Gasteiger partial charge in [0.15, 0.2) is 0 Å². The van der Waals surface area contributed by atoms with Crippen molar-refractivity contribution in [3.8, 4) is 0 Å². The zero-order valence-corrected chi connectivity index (χ0v) is 27.8. The molecule has 4 rings (SSSR count). The van der Waals surface area contributed by atoms with Crippen LogP contribution in [0.2, 0.25) is 0 Å². The van der Waals surface area contributed by atoms with Crippen molar-refractivity contribution in [2.45, 2.75) is 91.5 Å². The van der Waals surface area contributed by atoms with E-state index >= 15 is 0 Å². The van der Waals surface area contributed by atoms with Crippen LogP contribution in [0, 0.1) is 29.6 Å². The molecule has 1 aromatic heterocycles. The number of hydrogen-bond donors (Lipinski definition) is 1. The summed E-state index contributed by atoms with van der Waals surface area (Å²) in [6, 6.07) is 7.87. The van der Waals surface area contributed by atoms with Crippen LogP contribution in [0.4, 0.5) is 4.79 Å². The smallest absolute Gasteiger partial charge is 0.407 e. The molecule has 3 unspecified atom stereocenters. The van der Waals surface area contributed by atoms with Gasteiger partial charge in [0, 0.05) is 53.6 Å². The van der Waals surface area contributed by atoms with E-state index in [4.69, 9.17) is 14.2 Å². The second kappa shape index (κ2) is 14.1. The van der Waals surface area contributed by atoms with Gasteiger partial charge in [0.25, 0.3) is 0 Å². The van der Waals surface area contributed by atoms with Crippen molar-refractivity contribution in [1.29, 1.82) is 0 Å². The second-order valence-corrected chi connectivity index (χ2v) is 13.4. The van der Waals surface area contributed by atoms with Crippen molar-refractivity contribution in [2.75, 3.05) is 6.54 Å². The second-order valence-electron chi connectivity index (χ2n) is 13.4. The third kappa shape index (κ3) is 7.48. The van der Waals surface area contributed by atoms with Gasteiger partial charge in [-0.3, -0.25) is 24.2 Å². The number of alkyl carbamates (subject to hydrolysis) is 1. The summed E-state index contributed by atoms with van der Waals surface area (Å²) in [6.07, 6.45) is 6.28. The quantitative estimate of drug-likeness (QED) is 0.244. The van der Waals surface area contributed by atoms with E-state index in [9.17, 15) is 24.0 Å². The van der Waals surface area contributed by atoms with Crippen LogP contribution in [0.15, 0.2) is 42.7 Å². The Bertz CT molecular complexity index is 1520. The highest BCUT2D eigenvalue weighted by atomic mass is 16.6. The van der Waals surface area contributed by atoms with Crippen molar-refractivity contribution in [1.82, 2.24) is 10.3 Å². The monoisotopic (exact) mass is 634 g/mol. The van der Waals surface area contributed by atoms with E-state index in [0.717, 1.165) is 16.3 Å². The number of hydrogen-bond acceptors (Lipinski definition) is 9. The van der Waals surface area contributed by atoms with Crippen LogP contribution in [0.3, 0.4) is 0 Å². The van der Waals surface area contributed by atoms with E-state index in [1.165, 1.54) is 6.92 Å². The molecule has 10 heteroatoms. The first-order valence-corrected chi connectivity index (χ1v) is 16.1. The van der Waals surface area contributed by atoms with Gasteiger partial charge in [0.05, 0.1) is 6.42 Å². The summed E-state index contributed by atoms with van der Waals surface area (Å²) in [6.45, 7) is 12.1. The van der Waals surface area contributed by atoms with Crippen LogP contribution in [-0.4, -0.2) is 58.4 Å². The molecule has 0 spiro atoms. The fourth-order valence-corrected chi connectivity index (χ4v) is 7.28. The molecule has 0 bridgehead atoms. The number of amides is 1. The topological polar surface area (TPSA) is 138 Å². The van der Waals surface area contributed by atoms with E-state index in [0.29, 0.717) is 6.42 Å². The number of carbonyl (C=O) groups excluding carboxylic acids is 5. The molecule has 8 atom stereocenters. The van der Waals surface area contributed by atoms with Crippen LogP contribution >= 0.6 is 0 Å². The van der Waals surface area contributed by atoms with Gasteiger partial charge in [-0.2, -0.15) is 0 Å². The maximum Gasteiger partial charge on any atom is 0.407 e. The largest absolute Gasteiger partial charge is 0.458 e. The number of carbonyl (C=O) groups is 5. The summed E-state index contributed by atoms with van der Waals surface area (Å²) in [7, 11) is 0. The highest BCUT2D eigenvalue weighted by Crippen LogP contribution is 2.44. The number of ether oxygens (including phenoxy) is 3. The lowest BCUT2D eigenvalue weighted by atomic mass is 9.71. The van der Waals surface area contributed by atoms with Gasteiger partial charge in [-0.05, 0) is 45.4 Å². The van der Waals surface area contributed by atoms with Crippen LogP contribution in [0.25, 0.3) is 16.8 Å². The number of esters is 2. The highest BCUT2D eigenvalue weighted by molar-refractivity contribution is 5.99. The third-order valence-electron chi connectivity index (χ3n) is 9.70. The standard InChI is InChI=1S/C36H46N2O8/c1-8-29-36(7)28(16-30(39)45-36)23(4)31(40)21(2)17-35(6,18-22(3)32(41)24(5)33(42)44-29)46-34(43)38-15-11-13-26-20-37-19-25-12-9-10-14-27(25)26/h9-14,19-24,28-29H,8,15-18H2,1-7H3,(H,38,43)/b13-11+/t21-,22-,23?,24?,28?,29-,35-,36+/m1/s1. The molecule has 0 saturated carbocycles. The molecule has 3 heterocycles. The van der Waals surface area contributed by atoms with Crippen LogP contribution in [0.5, 0.6) is 0 Å². The van der Waals surface area contributed by atoms with Crippen molar-refractivity contribution in [2.24, 2.45) is 29.6 Å². The highest BCUT2D eigenvalue weighted by Gasteiger charge is 2.56. The summed E-state index contributed by atoms with van der Waals surface area (Å²) in [4.78, 5) is 70.5. The lowest BCUT2D eigenvalue weighted by Gasteiger charge is -2.40. The first kappa shape index (κ1) is 34.8. The Morgan fingerprint density at radius 2 is 1.70 bits per heavy atom. The Labute approximate surface area is 270 Å². The lowest BCUT2D eigenvalue weighted by molar-refractivity contribution is -0.183. The minimum absolute atomic E-state index is 0.00816. The molecule has 1 amide bonds. The average Bonchev–Trinajstić information content (AvgIpc) is 3.33. The number of benzene rings is 1. The zero-order chi connectivity index (χ0) is 33.8. The molecule has 46 heavy (non-hydrogen) atoms. The van der Waals surface area contributed by atoms with Gasteiger partial charge in [-0.15, -0.1) is 0 Å². The van der Waals surface area contributed by atoms with E-state index in [-0.39, 0.29) is 37.4 Å². The molecule has 2 fully saturated rings. The molecule has 0 aliphatic carbocycles. The van der Waals surface area contributed by atoms with Gasteiger partial charge in [-0.1, -0.05) is 64.1 Å². The molecule has 2 aliphatic heterocycles. The lowest BCUT2D eigenvalue weighted by Crippen LogP contribution is -2.51. The van der Waals surface area contributed by atoms with Crippen LogP contribution in [-0.2, 0) is 33.4 Å². The van der Waals surface area contributed by atoms with Crippen LogP contribution < -0.4 is 5.32 Å².